The van der Waals surface area contributed by atoms with Crippen molar-refractivity contribution < 1.29 is 9.59 Å². The number of aromatic nitrogens is 1. The van der Waals surface area contributed by atoms with Gasteiger partial charge in [-0.25, -0.2) is 4.79 Å². The van der Waals surface area contributed by atoms with Gasteiger partial charge < -0.3 is 9.80 Å². The number of amides is 2. The summed E-state index contributed by atoms with van der Waals surface area (Å²) in [5.74, 6) is 0.199. The van der Waals surface area contributed by atoms with E-state index in [1.807, 2.05) is 28.9 Å². The van der Waals surface area contributed by atoms with Crippen LogP contribution in [0.1, 0.15) is 36.9 Å². The Morgan fingerprint density at radius 3 is 2.52 bits per heavy atom. The zero-order valence-corrected chi connectivity index (χ0v) is 16.3. The fourth-order valence-electron chi connectivity index (χ4n) is 4.23. The van der Waals surface area contributed by atoms with Crippen molar-refractivity contribution in [2.45, 2.75) is 45.1 Å². The maximum absolute atomic E-state index is 12.8. The molecule has 6 nitrogen and oxygen atoms in total. The number of rotatable bonds is 4. The molecule has 0 atom stereocenters. The lowest BCUT2D eigenvalue weighted by Crippen LogP contribution is -2.57. The Balaban J connectivity index is 1.23. The second kappa shape index (κ2) is 7.97. The van der Waals surface area contributed by atoms with Crippen LogP contribution < -0.4 is 0 Å². The first-order chi connectivity index (χ1) is 13.1. The van der Waals surface area contributed by atoms with Gasteiger partial charge in [0.25, 0.3) is 0 Å². The molecule has 146 valence electrons. The van der Waals surface area contributed by atoms with Crippen LogP contribution in [0.3, 0.4) is 0 Å². The third kappa shape index (κ3) is 4.15. The summed E-state index contributed by atoms with van der Waals surface area (Å²) in [5.41, 5.74) is 1.92. The number of pyridine rings is 1. The Labute approximate surface area is 161 Å². The van der Waals surface area contributed by atoms with E-state index < -0.39 is 0 Å². The molecule has 0 aromatic carbocycles. The molecule has 3 heterocycles. The third-order valence-corrected chi connectivity index (χ3v) is 6.35. The number of urea groups is 1. The van der Waals surface area contributed by atoms with Gasteiger partial charge in [-0.1, -0.05) is 12.5 Å². The summed E-state index contributed by atoms with van der Waals surface area (Å²) < 4.78 is 0. The summed E-state index contributed by atoms with van der Waals surface area (Å²) in [5, 5.41) is 0. The standard InChI is InChI=1S/C21H30N4O2/c1-16-6-7-17(13-22-16)12-20(26)18-14-25(15-18)21(27)24-9-3-8-23(10-11-24)19-4-2-5-19/h6-7,13,18-19H,2-5,8-12,14-15H2,1H3. The number of ketones is 1. The van der Waals surface area contributed by atoms with Gasteiger partial charge in [0.05, 0.1) is 5.92 Å². The van der Waals surface area contributed by atoms with Gasteiger partial charge >= 0.3 is 6.03 Å². The van der Waals surface area contributed by atoms with Crippen LogP contribution in [-0.4, -0.2) is 76.8 Å². The zero-order chi connectivity index (χ0) is 18.8. The zero-order valence-electron chi connectivity index (χ0n) is 16.3. The summed E-state index contributed by atoms with van der Waals surface area (Å²) in [6.07, 6.45) is 7.24. The highest BCUT2D eigenvalue weighted by atomic mass is 16.2. The van der Waals surface area contributed by atoms with E-state index in [1.54, 1.807) is 6.20 Å². The average Bonchev–Trinajstić information content (AvgIpc) is 2.80. The predicted octanol–water partition coefficient (Wildman–Crippen LogP) is 2.11. The minimum atomic E-state index is -0.0197. The monoisotopic (exact) mass is 370 g/mol. The minimum absolute atomic E-state index is 0.0197. The quantitative estimate of drug-likeness (QED) is 0.815. The van der Waals surface area contributed by atoms with Crippen molar-refractivity contribution in [3.05, 3.63) is 29.6 Å². The van der Waals surface area contributed by atoms with E-state index in [2.05, 4.69) is 9.88 Å². The molecule has 2 saturated heterocycles. The minimum Gasteiger partial charge on any atom is -0.323 e. The molecule has 0 bridgehead atoms. The number of nitrogens with zero attached hydrogens (tertiary/aromatic N) is 4. The van der Waals surface area contributed by atoms with Crippen LogP contribution in [0.5, 0.6) is 0 Å². The second-order valence-electron chi connectivity index (χ2n) is 8.30. The summed E-state index contributed by atoms with van der Waals surface area (Å²) in [6.45, 7) is 6.84. The highest BCUT2D eigenvalue weighted by Gasteiger charge is 2.38. The molecule has 2 aliphatic heterocycles. The first-order valence-corrected chi connectivity index (χ1v) is 10.3. The van der Waals surface area contributed by atoms with Crippen molar-refractivity contribution in [1.29, 1.82) is 0 Å². The first-order valence-electron chi connectivity index (χ1n) is 10.3. The summed E-state index contributed by atoms with van der Waals surface area (Å²) in [7, 11) is 0. The van der Waals surface area contributed by atoms with E-state index in [-0.39, 0.29) is 17.7 Å². The average molecular weight is 370 g/mol. The molecule has 1 saturated carbocycles. The molecule has 4 rings (SSSR count). The van der Waals surface area contributed by atoms with Crippen LogP contribution in [0.4, 0.5) is 4.79 Å². The van der Waals surface area contributed by atoms with Crippen molar-refractivity contribution in [2.24, 2.45) is 5.92 Å². The fourth-order valence-corrected chi connectivity index (χ4v) is 4.23. The first kappa shape index (κ1) is 18.4. The second-order valence-corrected chi connectivity index (χ2v) is 8.30. The molecule has 27 heavy (non-hydrogen) atoms. The molecular formula is C21H30N4O2. The molecule has 1 aromatic heterocycles. The van der Waals surface area contributed by atoms with Gasteiger partial charge in [-0.05, 0) is 37.8 Å². The van der Waals surface area contributed by atoms with Crippen LogP contribution in [0.25, 0.3) is 0 Å². The van der Waals surface area contributed by atoms with Crippen LogP contribution in [0, 0.1) is 12.8 Å². The largest absolute Gasteiger partial charge is 0.323 e. The van der Waals surface area contributed by atoms with Crippen molar-refractivity contribution in [1.82, 2.24) is 19.7 Å². The van der Waals surface area contributed by atoms with E-state index in [4.69, 9.17) is 0 Å². The van der Waals surface area contributed by atoms with Gasteiger partial charge in [-0.2, -0.15) is 0 Å². The summed E-state index contributed by atoms with van der Waals surface area (Å²) in [4.78, 5) is 35.9. The summed E-state index contributed by atoms with van der Waals surface area (Å²) >= 11 is 0. The van der Waals surface area contributed by atoms with E-state index >= 15 is 0 Å². The molecule has 0 unspecified atom stereocenters. The highest BCUT2D eigenvalue weighted by molar-refractivity contribution is 5.87. The van der Waals surface area contributed by atoms with Crippen molar-refractivity contribution >= 4 is 11.8 Å². The Hall–Kier alpha value is -1.95. The Morgan fingerprint density at radius 2 is 1.85 bits per heavy atom. The molecular weight excluding hydrogens is 340 g/mol. The van der Waals surface area contributed by atoms with Crippen LogP contribution >= 0.6 is 0 Å². The van der Waals surface area contributed by atoms with Gasteiger partial charge in [0.15, 0.2) is 0 Å². The highest BCUT2D eigenvalue weighted by Crippen LogP contribution is 2.26. The van der Waals surface area contributed by atoms with E-state index in [9.17, 15) is 9.59 Å². The van der Waals surface area contributed by atoms with Gasteiger partial charge in [0.1, 0.15) is 5.78 Å². The topological polar surface area (TPSA) is 56.8 Å². The molecule has 2 amide bonds. The number of hydrogen-bond donors (Lipinski definition) is 0. The lowest BCUT2D eigenvalue weighted by atomic mass is 9.91. The Bertz CT molecular complexity index is 680. The molecule has 3 fully saturated rings. The summed E-state index contributed by atoms with van der Waals surface area (Å²) in [6, 6.07) is 4.77. The van der Waals surface area contributed by atoms with Crippen molar-refractivity contribution in [3.63, 3.8) is 0 Å². The maximum atomic E-state index is 12.8. The number of hydrogen-bond acceptors (Lipinski definition) is 4. The molecule has 1 aromatic rings. The SMILES string of the molecule is Cc1ccc(CC(=O)C2CN(C(=O)N3CCCN(C4CCC4)CC3)C2)cn1. The molecule has 0 N–H and O–H groups in total. The smallest absolute Gasteiger partial charge is 0.320 e. The van der Waals surface area contributed by atoms with Crippen LogP contribution in [0.2, 0.25) is 0 Å². The lowest BCUT2D eigenvalue weighted by molar-refractivity contribution is -0.126. The van der Waals surface area contributed by atoms with Gasteiger partial charge in [-0.15, -0.1) is 0 Å². The molecule has 3 aliphatic rings. The Kier molecular flexibility index (Phi) is 5.43. The number of likely N-dealkylation sites (tertiary alicyclic amines) is 1. The normalized spacial score (nSPS) is 22.1. The van der Waals surface area contributed by atoms with Crippen molar-refractivity contribution in [3.8, 4) is 0 Å². The third-order valence-electron chi connectivity index (χ3n) is 6.35. The van der Waals surface area contributed by atoms with Crippen LogP contribution in [-0.2, 0) is 11.2 Å². The van der Waals surface area contributed by atoms with Gasteiger partial charge in [0, 0.05) is 63.6 Å². The molecule has 1 aliphatic carbocycles. The fraction of sp³-hybridized carbons (Fsp3) is 0.667. The van der Waals surface area contributed by atoms with Gasteiger partial charge in [0.2, 0.25) is 0 Å². The molecule has 0 radical (unpaired) electrons. The number of Topliss-reactive ketones (excluding diaryl/α,β-unsaturated/α-hetero) is 1. The number of carbonyl (C=O) groups excluding carboxylic acids is 2. The number of aryl methyl sites for hydroxylation is 1. The van der Waals surface area contributed by atoms with Crippen molar-refractivity contribution in [2.75, 3.05) is 39.3 Å². The van der Waals surface area contributed by atoms with Crippen LogP contribution in [0.15, 0.2) is 18.3 Å². The predicted molar refractivity (Wildman–Crippen MR) is 104 cm³/mol. The van der Waals surface area contributed by atoms with E-state index in [0.29, 0.717) is 19.5 Å². The van der Waals surface area contributed by atoms with E-state index in [1.165, 1.54) is 19.3 Å². The van der Waals surface area contributed by atoms with Gasteiger partial charge in [-0.3, -0.25) is 14.7 Å². The van der Waals surface area contributed by atoms with E-state index in [0.717, 1.165) is 49.9 Å². The lowest BCUT2D eigenvalue weighted by Gasteiger charge is -2.41. The molecule has 6 heteroatoms. The number of carbonyl (C=O) groups is 2. The maximum Gasteiger partial charge on any atom is 0.320 e. The molecule has 0 spiro atoms. The Morgan fingerprint density at radius 1 is 1.04 bits per heavy atom.